The van der Waals surface area contributed by atoms with Crippen LogP contribution in [0.15, 0.2) is 48.7 Å². The number of Topliss-reactive ketones (excluding diaryl/α,β-unsaturated/α-hetero) is 1. The van der Waals surface area contributed by atoms with Gasteiger partial charge < -0.3 is 20.3 Å². The van der Waals surface area contributed by atoms with Gasteiger partial charge in [-0.25, -0.2) is 4.79 Å². The van der Waals surface area contributed by atoms with Crippen LogP contribution in [0.1, 0.15) is 48.9 Å². The summed E-state index contributed by atoms with van der Waals surface area (Å²) < 4.78 is 5.62. The maximum atomic E-state index is 14.2. The van der Waals surface area contributed by atoms with Crippen LogP contribution >= 0.6 is 11.6 Å². The maximum absolute atomic E-state index is 14.2. The summed E-state index contributed by atoms with van der Waals surface area (Å²) in [6.45, 7) is 1.31. The SMILES string of the molecule is CN(C(=O)OCCC1CC1)[C@@H]1C(C(=O)C2CC(c3ccccn3)NCC2C#N)NC[C@H]1c1ccc(Cl)cc1. The maximum Gasteiger partial charge on any atom is 0.409 e. The Morgan fingerprint density at radius 3 is 2.63 bits per heavy atom. The number of rotatable bonds is 8. The molecular weight excluding hydrogens is 502 g/mol. The molecule has 0 spiro atoms. The summed E-state index contributed by atoms with van der Waals surface area (Å²) in [6.07, 6.45) is 5.05. The Bertz CT molecular complexity index is 1170. The summed E-state index contributed by atoms with van der Waals surface area (Å²) in [5.74, 6) is -0.465. The predicted octanol–water partition coefficient (Wildman–Crippen LogP) is 4.09. The third-order valence-electron chi connectivity index (χ3n) is 8.24. The van der Waals surface area contributed by atoms with E-state index in [9.17, 15) is 14.9 Å². The first-order chi connectivity index (χ1) is 18.5. The van der Waals surface area contributed by atoms with E-state index < -0.39 is 30.0 Å². The fourth-order valence-corrected chi connectivity index (χ4v) is 5.99. The highest BCUT2D eigenvalue weighted by molar-refractivity contribution is 6.30. The number of ether oxygens (including phenoxy) is 1. The zero-order valence-electron chi connectivity index (χ0n) is 21.6. The fraction of sp³-hybridized carbons (Fsp3) is 0.517. The molecule has 6 atom stereocenters. The van der Waals surface area contributed by atoms with Gasteiger partial charge in [-0.05, 0) is 48.6 Å². The molecule has 3 fully saturated rings. The van der Waals surface area contributed by atoms with Crippen molar-refractivity contribution in [1.29, 1.82) is 5.26 Å². The minimum absolute atomic E-state index is 0.0434. The van der Waals surface area contributed by atoms with Crippen LogP contribution in [0.3, 0.4) is 0 Å². The number of carbonyl (C=O) groups excluding carboxylic acids is 2. The number of likely N-dealkylation sites (N-methyl/N-ethyl adjacent to an activating group) is 1. The average molecular weight is 536 g/mol. The summed E-state index contributed by atoms with van der Waals surface area (Å²) in [5, 5.41) is 17.3. The van der Waals surface area contributed by atoms with Gasteiger partial charge in [0.2, 0.25) is 0 Å². The van der Waals surface area contributed by atoms with Crippen molar-refractivity contribution in [1.82, 2.24) is 20.5 Å². The largest absolute Gasteiger partial charge is 0.449 e. The van der Waals surface area contributed by atoms with Crippen molar-refractivity contribution in [3.8, 4) is 6.07 Å². The van der Waals surface area contributed by atoms with Crippen molar-refractivity contribution < 1.29 is 14.3 Å². The molecule has 4 unspecified atom stereocenters. The van der Waals surface area contributed by atoms with Crippen molar-refractivity contribution in [2.75, 3.05) is 26.7 Å². The van der Waals surface area contributed by atoms with E-state index in [1.807, 2.05) is 42.5 Å². The van der Waals surface area contributed by atoms with Crippen molar-refractivity contribution in [2.24, 2.45) is 17.8 Å². The number of pyridine rings is 1. The Labute approximate surface area is 228 Å². The van der Waals surface area contributed by atoms with Gasteiger partial charge in [0, 0.05) is 43.2 Å². The Hall–Kier alpha value is -2.99. The smallest absolute Gasteiger partial charge is 0.409 e. The number of piperidine rings is 1. The van der Waals surface area contributed by atoms with E-state index in [0.717, 1.165) is 17.7 Å². The van der Waals surface area contributed by atoms with Crippen LogP contribution in [0.25, 0.3) is 0 Å². The second kappa shape index (κ2) is 11.8. The monoisotopic (exact) mass is 535 g/mol. The van der Waals surface area contributed by atoms with Crippen LogP contribution < -0.4 is 10.6 Å². The molecule has 8 nitrogen and oxygen atoms in total. The standard InChI is InChI=1S/C29H34ClN5O3/c1-35(29(37)38-13-11-18-5-6-18)27-23(19-7-9-21(30)10-8-19)17-34-26(27)28(36)22-14-25(33-16-20(22)15-31)24-4-2-3-12-32-24/h2-4,7-10,12,18,20,22-23,25-27,33-34H,5-6,11,13-14,16-17H2,1H3/t20?,22?,23-,25?,26?,27-/m0/s1. The minimum atomic E-state index is -0.625. The Morgan fingerprint density at radius 2 is 1.95 bits per heavy atom. The first-order valence-corrected chi connectivity index (χ1v) is 13.8. The molecule has 3 aliphatic rings. The molecule has 0 bridgehead atoms. The van der Waals surface area contributed by atoms with E-state index in [2.05, 4.69) is 21.7 Å². The van der Waals surface area contributed by atoms with Crippen molar-refractivity contribution in [3.63, 3.8) is 0 Å². The van der Waals surface area contributed by atoms with Gasteiger partial charge >= 0.3 is 6.09 Å². The van der Waals surface area contributed by atoms with Crippen LogP contribution in [0.2, 0.25) is 5.02 Å². The highest BCUT2D eigenvalue weighted by atomic mass is 35.5. The van der Waals surface area contributed by atoms with Crippen molar-refractivity contribution >= 4 is 23.5 Å². The lowest BCUT2D eigenvalue weighted by Crippen LogP contribution is -2.54. The molecular formula is C29H34ClN5O3. The van der Waals surface area contributed by atoms with E-state index in [-0.39, 0.29) is 17.7 Å². The molecule has 2 saturated heterocycles. The summed E-state index contributed by atoms with van der Waals surface area (Å²) in [5.41, 5.74) is 1.85. The number of carbonyl (C=O) groups is 2. The number of nitriles is 1. The van der Waals surface area contributed by atoms with Gasteiger partial charge in [0.15, 0.2) is 5.78 Å². The molecule has 1 amide bonds. The van der Waals surface area contributed by atoms with E-state index in [4.69, 9.17) is 16.3 Å². The van der Waals surface area contributed by atoms with Gasteiger partial charge in [0.05, 0.1) is 42.4 Å². The molecule has 3 heterocycles. The molecule has 2 aliphatic heterocycles. The first-order valence-electron chi connectivity index (χ1n) is 13.4. The second-order valence-corrected chi connectivity index (χ2v) is 11.1. The van der Waals surface area contributed by atoms with Crippen molar-refractivity contribution in [3.05, 3.63) is 64.9 Å². The molecule has 38 heavy (non-hydrogen) atoms. The topological polar surface area (TPSA) is 107 Å². The van der Waals surface area contributed by atoms with E-state index in [1.165, 1.54) is 12.8 Å². The molecule has 2 N–H and O–H groups in total. The van der Waals surface area contributed by atoms with Crippen LogP contribution in [0.4, 0.5) is 4.79 Å². The summed E-state index contributed by atoms with van der Waals surface area (Å²) in [7, 11) is 1.71. The number of hydrogen-bond donors (Lipinski definition) is 2. The van der Waals surface area contributed by atoms with Gasteiger partial charge in [-0.2, -0.15) is 5.26 Å². The van der Waals surface area contributed by atoms with Gasteiger partial charge in [0.1, 0.15) is 0 Å². The summed E-state index contributed by atoms with van der Waals surface area (Å²) in [4.78, 5) is 33.3. The number of hydrogen-bond acceptors (Lipinski definition) is 7. The molecule has 9 heteroatoms. The van der Waals surface area contributed by atoms with Crippen LogP contribution in [0.5, 0.6) is 0 Å². The fourth-order valence-electron chi connectivity index (χ4n) is 5.86. The summed E-state index contributed by atoms with van der Waals surface area (Å²) >= 11 is 6.14. The number of amides is 1. The van der Waals surface area contributed by atoms with Gasteiger partial charge in [-0.1, -0.05) is 42.6 Å². The predicted molar refractivity (Wildman–Crippen MR) is 143 cm³/mol. The molecule has 1 aromatic heterocycles. The van der Waals surface area contributed by atoms with Gasteiger partial charge in [-0.15, -0.1) is 0 Å². The minimum Gasteiger partial charge on any atom is -0.449 e. The third kappa shape index (κ3) is 5.85. The van der Waals surface area contributed by atoms with E-state index in [1.54, 1.807) is 18.1 Å². The summed E-state index contributed by atoms with van der Waals surface area (Å²) in [6, 6.07) is 14.4. The molecule has 2 aromatic rings. The van der Waals surface area contributed by atoms with Crippen molar-refractivity contribution in [2.45, 2.75) is 49.7 Å². The third-order valence-corrected chi connectivity index (χ3v) is 8.49. The molecule has 200 valence electrons. The lowest BCUT2D eigenvalue weighted by Gasteiger charge is -2.37. The molecule has 1 saturated carbocycles. The number of aromatic nitrogens is 1. The van der Waals surface area contributed by atoms with Gasteiger partial charge in [-0.3, -0.25) is 9.78 Å². The van der Waals surface area contributed by atoms with Crippen LogP contribution in [-0.4, -0.2) is 60.6 Å². The normalized spacial score (nSPS) is 28.9. The Morgan fingerprint density at radius 1 is 1.16 bits per heavy atom. The lowest BCUT2D eigenvalue weighted by atomic mass is 9.76. The first kappa shape index (κ1) is 26.6. The average Bonchev–Trinajstić information content (AvgIpc) is 3.68. The number of ketones is 1. The number of nitrogens with one attached hydrogen (secondary N) is 2. The number of benzene rings is 1. The highest BCUT2D eigenvalue weighted by Gasteiger charge is 2.49. The van der Waals surface area contributed by atoms with Crippen LogP contribution in [-0.2, 0) is 9.53 Å². The number of nitrogens with zero attached hydrogens (tertiary/aromatic N) is 3. The molecule has 1 aromatic carbocycles. The lowest BCUT2D eigenvalue weighted by molar-refractivity contribution is -0.127. The van der Waals surface area contributed by atoms with E-state index >= 15 is 0 Å². The molecule has 1 aliphatic carbocycles. The molecule has 5 rings (SSSR count). The van der Waals surface area contributed by atoms with Gasteiger partial charge in [0.25, 0.3) is 0 Å². The van der Waals surface area contributed by atoms with E-state index in [0.29, 0.717) is 37.1 Å². The highest BCUT2D eigenvalue weighted by Crippen LogP contribution is 2.37. The zero-order chi connectivity index (χ0) is 26.6. The quantitative estimate of drug-likeness (QED) is 0.524. The second-order valence-electron chi connectivity index (χ2n) is 10.7. The molecule has 0 radical (unpaired) electrons. The zero-order valence-corrected chi connectivity index (χ0v) is 22.3. The Balaban J connectivity index is 1.38. The van der Waals surface area contributed by atoms with Crippen LogP contribution in [0, 0.1) is 29.1 Å². The Kier molecular flexibility index (Phi) is 8.27. The number of halogens is 1.